The Bertz CT molecular complexity index is 238. The monoisotopic (exact) mass is 231 g/mol. The first-order chi connectivity index (χ1) is 7.48. The first-order valence-corrected chi connectivity index (χ1v) is 5.57. The second-order valence-corrected chi connectivity index (χ2v) is 4.45. The standard InChI is InChI=1S/C11H21NO4/c1-9(10(13)15-3)12(2)8-11(14)4-6-16-7-5-11/h9,14H,4-8H2,1-3H3. The van der Waals surface area contributed by atoms with E-state index in [2.05, 4.69) is 4.74 Å². The van der Waals surface area contributed by atoms with E-state index in [1.165, 1.54) is 7.11 Å². The predicted octanol–water partition coefficient (Wildman–Crippen LogP) is 0.0212. The number of nitrogens with zero attached hydrogens (tertiary/aromatic N) is 1. The van der Waals surface area contributed by atoms with Crippen LogP contribution in [-0.4, -0.2) is 61.5 Å². The Balaban J connectivity index is 2.48. The van der Waals surface area contributed by atoms with Crippen LogP contribution >= 0.6 is 0 Å². The molecular weight excluding hydrogens is 210 g/mol. The molecular formula is C11H21NO4. The second kappa shape index (κ2) is 5.61. The van der Waals surface area contributed by atoms with Crippen LogP contribution < -0.4 is 0 Å². The zero-order valence-corrected chi connectivity index (χ0v) is 10.2. The fourth-order valence-corrected chi connectivity index (χ4v) is 1.86. The SMILES string of the molecule is COC(=O)C(C)N(C)CC1(O)CCOCC1. The molecule has 16 heavy (non-hydrogen) atoms. The smallest absolute Gasteiger partial charge is 0.322 e. The number of carbonyl (C=O) groups excluding carboxylic acids is 1. The minimum atomic E-state index is -0.741. The molecule has 1 atom stereocenters. The number of methoxy groups -OCH3 is 1. The summed E-state index contributed by atoms with van der Waals surface area (Å²) in [5.74, 6) is -0.279. The molecule has 0 bridgehead atoms. The molecule has 0 saturated carbocycles. The molecule has 0 aromatic heterocycles. The molecule has 0 spiro atoms. The molecule has 0 aromatic carbocycles. The van der Waals surface area contributed by atoms with E-state index >= 15 is 0 Å². The van der Waals surface area contributed by atoms with Crippen molar-refractivity contribution in [1.82, 2.24) is 4.90 Å². The lowest BCUT2D eigenvalue weighted by atomic mass is 9.93. The van der Waals surface area contributed by atoms with Crippen LogP contribution in [0.15, 0.2) is 0 Å². The van der Waals surface area contributed by atoms with E-state index in [9.17, 15) is 9.90 Å². The summed E-state index contributed by atoms with van der Waals surface area (Å²) in [6, 6.07) is -0.336. The van der Waals surface area contributed by atoms with Crippen molar-refractivity contribution < 1.29 is 19.4 Å². The van der Waals surface area contributed by atoms with Crippen molar-refractivity contribution in [3.05, 3.63) is 0 Å². The van der Waals surface area contributed by atoms with E-state index in [1.54, 1.807) is 6.92 Å². The fraction of sp³-hybridized carbons (Fsp3) is 0.909. The Labute approximate surface area is 96.3 Å². The summed E-state index contributed by atoms with van der Waals surface area (Å²) in [5.41, 5.74) is -0.741. The molecule has 5 nitrogen and oxygen atoms in total. The number of hydrogen-bond acceptors (Lipinski definition) is 5. The Morgan fingerprint density at radius 2 is 2.12 bits per heavy atom. The topological polar surface area (TPSA) is 59.0 Å². The van der Waals surface area contributed by atoms with Crippen molar-refractivity contribution in [2.75, 3.05) is 33.9 Å². The number of aliphatic hydroxyl groups is 1. The third-order valence-electron chi connectivity index (χ3n) is 3.17. The van der Waals surface area contributed by atoms with Crippen molar-refractivity contribution in [3.8, 4) is 0 Å². The van der Waals surface area contributed by atoms with Crippen molar-refractivity contribution in [1.29, 1.82) is 0 Å². The largest absolute Gasteiger partial charge is 0.468 e. The lowest BCUT2D eigenvalue weighted by Crippen LogP contribution is -2.49. The summed E-state index contributed by atoms with van der Waals surface area (Å²) in [4.78, 5) is 13.1. The highest BCUT2D eigenvalue weighted by molar-refractivity contribution is 5.75. The van der Waals surface area contributed by atoms with Crippen LogP contribution in [-0.2, 0) is 14.3 Å². The highest BCUT2D eigenvalue weighted by Crippen LogP contribution is 2.22. The average molecular weight is 231 g/mol. The van der Waals surface area contributed by atoms with Crippen LogP contribution in [0.5, 0.6) is 0 Å². The summed E-state index contributed by atoms with van der Waals surface area (Å²) >= 11 is 0. The van der Waals surface area contributed by atoms with Gasteiger partial charge in [-0.05, 0) is 14.0 Å². The Morgan fingerprint density at radius 3 is 2.62 bits per heavy atom. The first-order valence-electron chi connectivity index (χ1n) is 5.57. The Kier molecular flexibility index (Phi) is 4.70. The molecule has 0 radical (unpaired) electrons. The van der Waals surface area contributed by atoms with Gasteiger partial charge in [-0.15, -0.1) is 0 Å². The van der Waals surface area contributed by atoms with Gasteiger partial charge in [0.1, 0.15) is 6.04 Å². The molecule has 1 rings (SSSR count). The second-order valence-electron chi connectivity index (χ2n) is 4.45. The minimum absolute atomic E-state index is 0.279. The fourth-order valence-electron chi connectivity index (χ4n) is 1.86. The quantitative estimate of drug-likeness (QED) is 0.691. The van der Waals surface area contributed by atoms with Gasteiger partial charge in [0.15, 0.2) is 0 Å². The van der Waals surface area contributed by atoms with Crippen LogP contribution in [0.4, 0.5) is 0 Å². The highest BCUT2D eigenvalue weighted by Gasteiger charge is 2.33. The van der Waals surface area contributed by atoms with Crippen molar-refractivity contribution in [3.63, 3.8) is 0 Å². The molecule has 1 aliphatic heterocycles. The lowest BCUT2D eigenvalue weighted by molar-refractivity contribution is -0.147. The van der Waals surface area contributed by atoms with Crippen molar-refractivity contribution in [2.45, 2.75) is 31.4 Å². The van der Waals surface area contributed by atoms with E-state index in [1.807, 2.05) is 11.9 Å². The Hall–Kier alpha value is -0.650. The summed E-state index contributed by atoms with van der Waals surface area (Å²) in [6.45, 7) is 3.40. The van der Waals surface area contributed by atoms with Gasteiger partial charge in [-0.3, -0.25) is 9.69 Å². The molecule has 1 N–H and O–H groups in total. The molecule has 0 aromatic rings. The van der Waals surface area contributed by atoms with Gasteiger partial charge in [0.2, 0.25) is 0 Å². The van der Waals surface area contributed by atoms with Gasteiger partial charge < -0.3 is 14.6 Å². The van der Waals surface area contributed by atoms with Crippen molar-refractivity contribution >= 4 is 5.97 Å². The number of carbonyl (C=O) groups is 1. The molecule has 1 unspecified atom stereocenters. The average Bonchev–Trinajstić information content (AvgIpc) is 2.27. The van der Waals surface area contributed by atoms with E-state index in [-0.39, 0.29) is 12.0 Å². The molecule has 1 heterocycles. The number of esters is 1. The Morgan fingerprint density at radius 1 is 1.56 bits per heavy atom. The number of hydrogen-bond donors (Lipinski definition) is 1. The molecule has 1 fully saturated rings. The zero-order chi connectivity index (χ0) is 12.2. The highest BCUT2D eigenvalue weighted by atomic mass is 16.5. The van der Waals surface area contributed by atoms with Crippen LogP contribution in [0, 0.1) is 0 Å². The van der Waals surface area contributed by atoms with Crippen LogP contribution in [0.25, 0.3) is 0 Å². The zero-order valence-electron chi connectivity index (χ0n) is 10.2. The molecule has 5 heteroatoms. The molecule has 1 aliphatic rings. The van der Waals surface area contributed by atoms with Gasteiger partial charge >= 0.3 is 5.97 Å². The van der Waals surface area contributed by atoms with Gasteiger partial charge in [-0.1, -0.05) is 0 Å². The van der Waals surface area contributed by atoms with Crippen LogP contribution in [0.2, 0.25) is 0 Å². The number of rotatable bonds is 4. The van der Waals surface area contributed by atoms with Crippen LogP contribution in [0.1, 0.15) is 19.8 Å². The normalized spacial score (nSPS) is 21.8. The molecule has 0 aliphatic carbocycles. The summed E-state index contributed by atoms with van der Waals surface area (Å²) < 4.78 is 9.87. The first kappa shape index (κ1) is 13.4. The minimum Gasteiger partial charge on any atom is -0.468 e. The molecule has 1 saturated heterocycles. The maximum atomic E-state index is 11.3. The van der Waals surface area contributed by atoms with E-state index < -0.39 is 5.60 Å². The van der Waals surface area contributed by atoms with Gasteiger partial charge in [-0.25, -0.2) is 0 Å². The van der Waals surface area contributed by atoms with Gasteiger partial charge in [0, 0.05) is 32.6 Å². The van der Waals surface area contributed by atoms with Crippen molar-refractivity contribution in [2.24, 2.45) is 0 Å². The molecule has 94 valence electrons. The summed E-state index contributed by atoms with van der Waals surface area (Å²) in [7, 11) is 3.19. The maximum absolute atomic E-state index is 11.3. The predicted molar refractivity (Wildman–Crippen MR) is 59.1 cm³/mol. The maximum Gasteiger partial charge on any atom is 0.322 e. The molecule has 0 amide bonds. The van der Waals surface area contributed by atoms with E-state index in [4.69, 9.17) is 4.74 Å². The lowest BCUT2D eigenvalue weighted by Gasteiger charge is -2.36. The number of ether oxygens (including phenoxy) is 2. The third-order valence-corrected chi connectivity index (χ3v) is 3.17. The van der Waals surface area contributed by atoms with Gasteiger partial charge in [0.25, 0.3) is 0 Å². The van der Waals surface area contributed by atoms with Crippen LogP contribution in [0.3, 0.4) is 0 Å². The van der Waals surface area contributed by atoms with Gasteiger partial charge in [0.05, 0.1) is 12.7 Å². The summed E-state index contributed by atoms with van der Waals surface area (Å²) in [6.07, 6.45) is 1.23. The van der Waals surface area contributed by atoms with Gasteiger partial charge in [-0.2, -0.15) is 0 Å². The van der Waals surface area contributed by atoms with E-state index in [0.29, 0.717) is 32.6 Å². The number of likely N-dealkylation sites (N-methyl/N-ethyl adjacent to an activating group) is 1. The van der Waals surface area contributed by atoms with E-state index in [0.717, 1.165) is 0 Å². The summed E-state index contributed by atoms with van der Waals surface area (Å²) in [5, 5.41) is 10.3. The third kappa shape index (κ3) is 3.43.